The van der Waals surface area contributed by atoms with E-state index < -0.39 is 6.23 Å². The highest BCUT2D eigenvalue weighted by atomic mass is 16.4. The van der Waals surface area contributed by atoms with Gasteiger partial charge in [-0.25, -0.2) is 0 Å². The number of nitroso groups, excluding NO2 is 1. The summed E-state index contributed by atoms with van der Waals surface area (Å²) >= 11 is 0. The molecule has 3 heteroatoms. The lowest BCUT2D eigenvalue weighted by Crippen LogP contribution is -2.19. The van der Waals surface area contributed by atoms with Crippen LogP contribution in [0.5, 0.6) is 0 Å². The summed E-state index contributed by atoms with van der Waals surface area (Å²) in [6.07, 6.45) is 2.19. The summed E-state index contributed by atoms with van der Waals surface area (Å²) in [4.78, 5) is 11.7. The summed E-state index contributed by atoms with van der Waals surface area (Å²) in [6, 6.07) is 15.6. The van der Waals surface area contributed by atoms with Crippen LogP contribution < -0.4 is 0 Å². The first kappa shape index (κ1) is 10.9. The summed E-state index contributed by atoms with van der Waals surface area (Å²) in [5, 5.41) is 9.44. The summed E-state index contributed by atoms with van der Waals surface area (Å²) in [5.41, 5.74) is 3.50. The molecule has 2 aromatic rings. The second kappa shape index (κ2) is 4.20. The van der Waals surface area contributed by atoms with Crippen LogP contribution in [0, 0.1) is 4.91 Å². The molecule has 3 nitrogen and oxygen atoms in total. The van der Waals surface area contributed by atoms with Crippen LogP contribution in [-0.4, -0.2) is 16.1 Å². The largest absolute Gasteiger partial charge is 0.330 e. The van der Waals surface area contributed by atoms with Gasteiger partial charge in [0, 0.05) is 17.0 Å². The van der Waals surface area contributed by atoms with Gasteiger partial charge in [-0.15, -0.1) is 0 Å². The molecule has 1 N–H and O–H groups in total. The molecule has 0 saturated carbocycles. The smallest absolute Gasteiger partial charge is 0.329 e. The van der Waals surface area contributed by atoms with Crippen LogP contribution in [0.25, 0.3) is 17.2 Å². The fraction of sp³-hybridized carbons (Fsp3) is 0.0667. The molecule has 2 aromatic carbocycles. The third-order valence-electron chi connectivity index (χ3n) is 3.06. The molecule has 18 heavy (non-hydrogen) atoms. The van der Waals surface area contributed by atoms with Crippen molar-refractivity contribution in [3.63, 3.8) is 0 Å². The van der Waals surface area contributed by atoms with Gasteiger partial charge in [0.15, 0.2) is 0 Å². The van der Waals surface area contributed by atoms with Crippen LogP contribution in [-0.2, 0) is 0 Å². The molecule has 0 spiro atoms. The Kier molecular flexibility index (Phi) is 2.54. The summed E-state index contributed by atoms with van der Waals surface area (Å²) < 4.78 is 0.615. The Labute approximate surface area is 105 Å². The van der Waals surface area contributed by atoms with Gasteiger partial charge >= 0.3 is 6.23 Å². The maximum atomic E-state index is 11.7. The van der Waals surface area contributed by atoms with Gasteiger partial charge in [-0.2, -0.15) is 0 Å². The van der Waals surface area contributed by atoms with Gasteiger partial charge < -0.3 is 5.11 Å². The molecule has 1 heterocycles. The second-order valence-corrected chi connectivity index (χ2v) is 4.24. The van der Waals surface area contributed by atoms with E-state index in [4.69, 9.17) is 0 Å². The molecule has 1 aliphatic heterocycles. The van der Waals surface area contributed by atoms with Crippen LogP contribution >= 0.6 is 0 Å². The van der Waals surface area contributed by atoms with E-state index in [1.54, 1.807) is 12.1 Å². The van der Waals surface area contributed by atoms with Crippen molar-refractivity contribution in [1.29, 1.82) is 0 Å². The maximum Gasteiger partial charge on any atom is 0.329 e. The average Bonchev–Trinajstić information content (AvgIpc) is 2.44. The fourth-order valence-electron chi connectivity index (χ4n) is 2.11. The highest BCUT2D eigenvalue weighted by Gasteiger charge is 2.29. The number of hydrogen-bond donors (Lipinski definition) is 1. The first-order chi connectivity index (χ1) is 8.75. The Morgan fingerprint density at radius 3 is 2.56 bits per heavy atom. The van der Waals surface area contributed by atoms with Crippen molar-refractivity contribution in [2.45, 2.75) is 6.23 Å². The minimum Gasteiger partial charge on any atom is -0.330 e. The Bertz CT molecular complexity index is 632. The summed E-state index contributed by atoms with van der Waals surface area (Å²) in [5.74, 6) is 0. The van der Waals surface area contributed by atoms with Crippen LogP contribution in [0.3, 0.4) is 0 Å². The van der Waals surface area contributed by atoms with Crippen molar-refractivity contribution in [1.82, 2.24) is 0 Å². The third-order valence-corrected chi connectivity index (χ3v) is 3.06. The normalized spacial score (nSPS) is 17.6. The minimum atomic E-state index is -1.08. The average molecular weight is 238 g/mol. The van der Waals surface area contributed by atoms with Crippen LogP contribution in [0.1, 0.15) is 5.56 Å². The van der Waals surface area contributed by atoms with E-state index in [0.29, 0.717) is 10.4 Å². The van der Waals surface area contributed by atoms with Crippen molar-refractivity contribution >= 4 is 11.8 Å². The van der Waals surface area contributed by atoms with E-state index in [0.717, 1.165) is 16.7 Å². The van der Waals surface area contributed by atoms with Gasteiger partial charge in [0.1, 0.15) is 0 Å². The molecule has 0 aliphatic carbocycles. The Morgan fingerprint density at radius 2 is 1.78 bits per heavy atom. The van der Waals surface area contributed by atoms with Crippen molar-refractivity contribution in [3.05, 3.63) is 65.1 Å². The quantitative estimate of drug-likeness (QED) is 0.775. The van der Waals surface area contributed by atoms with Gasteiger partial charge in [0.2, 0.25) is 0 Å². The minimum absolute atomic E-state index is 0.504. The standard InChI is InChI=1S/C15H12NO2/c17-15-9-7-13-10-12(6-8-14(13)16(15)18)11-4-2-1-3-5-11/h1-10,15,17H/q+1. The molecule has 0 amide bonds. The molecule has 1 aliphatic rings. The van der Waals surface area contributed by atoms with E-state index in [1.165, 1.54) is 6.08 Å². The zero-order chi connectivity index (χ0) is 12.5. The molecule has 1 unspecified atom stereocenters. The van der Waals surface area contributed by atoms with E-state index in [-0.39, 0.29) is 0 Å². The van der Waals surface area contributed by atoms with Crippen molar-refractivity contribution in [2.24, 2.45) is 0 Å². The first-order valence-corrected chi connectivity index (χ1v) is 5.78. The fourth-order valence-corrected chi connectivity index (χ4v) is 2.11. The topological polar surface area (TPSA) is 40.3 Å². The number of benzene rings is 2. The molecule has 0 radical (unpaired) electrons. The van der Waals surface area contributed by atoms with E-state index >= 15 is 0 Å². The number of aliphatic hydroxyl groups excluding tert-OH is 1. The van der Waals surface area contributed by atoms with Gasteiger partial charge in [0.05, 0.1) is 10.3 Å². The molecule has 0 aromatic heterocycles. The molecular formula is C15H12NO2+. The van der Waals surface area contributed by atoms with Gasteiger partial charge in [0.25, 0.3) is 5.69 Å². The highest BCUT2D eigenvalue weighted by Crippen LogP contribution is 2.30. The van der Waals surface area contributed by atoms with Crippen molar-refractivity contribution in [3.8, 4) is 11.1 Å². The van der Waals surface area contributed by atoms with Crippen molar-refractivity contribution < 1.29 is 9.87 Å². The van der Waals surface area contributed by atoms with E-state index in [9.17, 15) is 10.0 Å². The predicted molar refractivity (Wildman–Crippen MR) is 70.2 cm³/mol. The van der Waals surface area contributed by atoms with Crippen LogP contribution in [0.4, 0.5) is 5.69 Å². The summed E-state index contributed by atoms with van der Waals surface area (Å²) in [7, 11) is 0. The predicted octanol–water partition coefficient (Wildman–Crippen LogP) is 3.11. The number of nitrogens with zero attached hydrogens (tertiary/aromatic N) is 1. The lowest BCUT2D eigenvalue weighted by atomic mass is 10.00. The number of fused-ring (bicyclic) bond motifs is 1. The zero-order valence-corrected chi connectivity index (χ0v) is 9.65. The van der Waals surface area contributed by atoms with Gasteiger partial charge in [-0.05, 0) is 29.3 Å². The molecule has 3 rings (SSSR count). The Hall–Kier alpha value is -2.26. The lowest BCUT2D eigenvalue weighted by molar-refractivity contribution is -0.541. The Balaban J connectivity index is 2.09. The molecule has 0 bridgehead atoms. The van der Waals surface area contributed by atoms with Crippen molar-refractivity contribution in [2.75, 3.05) is 0 Å². The number of rotatable bonds is 1. The monoisotopic (exact) mass is 238 g/mol. The molecule has 1 atom stereocenters. The molecule has 0 saturated heterocycles. The lowest BCUT2D eigenvalue weighted by Gasteiger charge is -2.08. The molecule has 88 valence electrons. The third kappa shape index (κ3) is 1.75. The number of hydrogen-bond acceptors (Lipinski definition) is 2. The summed E-state index contributed by atoms with van der Waals surface area (Å²) in [6.45, 7) is 0. The van der Waals surface area contributed by atoms with E-state index in [2.05, 4.69) is 0 Å². The first-order valence-electron chi connectivity index (χ1n) is 5.78. The Morgan fingerprint density at radius 1 is 1.00 bits per heavy atom. The van der Waals surface area contributed by atoms with Crippen LogP contribution in [0.15, 0.2) is 54.6 Å². The zero-order valence-electron chi connectivity index (χ0n) is 9.65. The van der Waals surface area contributed by atoms with Gasteiger partial charge in [-0.3, -0.25) is 0 Å². The second-order valence-electron chi connectivity index (χ2n) is 4.24. The van der Waals surface area contributed by atoms with E-state index in [1.807, 2.05) is 42.5 Å². The molecular weight excluding hydrogens is 226 g/mol. The van der Waals surface area contributed by atoms with Gasteiger partial charge in [-0.1, -0.05) is 30.3 Å². The highest BCUT2D eigenvalue weighted by molar-refractivity contribution is 5.72. The van der Waals surface area contributed by atoms with Crippen LogP contribution in [0.2, 0.25) is 0 Å². The molecule has 0 fully saturated rings. The maximum absolute atomic E-state index is 11.7. The number of aliphatic hydroxyl groups is 1. The SMILES string of the molecule is O=[N+]1c2ccc(-c3ccccc3)cc2C=CC1O.